The monoisotopic (exact) mass is 242 g/mol. The molecule has 0 unspecified atom stereocenters. The van der Waals surface area contributed by atoms with Crippen molar-refractivity contribution in [2.45, 2.75) is 12.8 Å². The van der Waals surface area contributed by atoms with E-state index in [0.29, 0.717) is 11.1 Å². The molecule has 18 heavy (non-hydrogen) atoms. The number of rotatable bonds is 6. The molecular weight excluding hydrogens is 232 g/mol. The zero-order valence-corrected chi connectivity index (χ0v) is 9.48. The number of carbonyl (C=O) groups is 2. The van der Waals surface area contributed by atoms with Gasteiger partial charge in [0.25, 0.3) is 0 Å². The number of hydrogen-bond donors (Lipinski definition) is 0. The third kappa shape index (κ3) is 4.06. The lowest BCUT2D eigenvalue weighted by Gasteiger charge is -2.03. The Balaban J connectivity index is 2.92. The topological polar surface area (TPSA) is 107 Å². The molecule has 6 heteroatoms. The van der Waals surface area contributed by atoms with Crippen molar-refractivity contribution in [3.05, 3.63) is 46.5 Å². The highest BCUT2D eigenvalue weighted by Crippen LogP contribution is 2.10. The molecule has 90 valence electrons. The maximum absolute atomic E-state index is 11.3. The normalized spacial score (nSPS) is 8.89. The van der Waals surface area contributed by atoms with E-state index in [1.165, 1.54) is 0 Å². The lowest BCUT2D eigenvalue weighted by Crippen LogP contribution is -2.10. The van der Waals surface area contributed by atoms with E-state index in [2.05, 4.69) is 9.58 Å². The van der Waals surface area contributed by atoms with Gasteiger partial charge in [-0.2, -0.15) is 9.58 Å². The fraction of sp³-hybridized carbons (Fsp3) is 0.167. The van der Waals surface area contributed by atoms with Crippen molar-refractivity contribution in [2.24, 2.45) is 0 Å². The van der Waals surface area contributed by atoms with Crippen LogP contribution in [0.15, 0.2) is 24.3 Å². The van der Waals surface area contributed by atoms with Crippen LogP contribution in [0.5, 0.6) is 0 Å². The molecule has 0 aliphatic heterocycles. The van der Waals surface area contributed by atoms with E-state index in [0.717, 1.165) is 12.4 Å². The Labute approximate surface area is 103 Å². The van der Waals surface area contributed by atoms with Crippen LogP contribution in [0, 0.1) is 0 Å². The molecule has 0 atom stereocenters. The predicted molar refractivity (Wildman–Crippen MR) is 63.2 cm³/mol. The molecule has 1 rings (SSSR count). The van der Waals surface area contributed by atoms with E-state index in [1.807, 2.05) is 0 Å². The van der Waals surface area contributed by atoms with Crippen LogP contribution in [0.1, 0.15) is 11.1 Å². The number of hydrogen-bond acceptors (Lipinski definition) is 2. The van der Waals surface area contributed by atoms with Crippen LogP contribution in [0.4, 0.5) is 0 Å². The summed E-state index contributed by atoms with van der Waals surface area (Å²) in [5.41, 5.74) is 17.8. The summed E-state index contributed by atoms with van der Waals surface area (Å²) in [7, 11) is 0. The molecule has 0 aliphatic carbocycles. The standard InChI is InChI=1S/C12H10N4O2/c13-15-7-11(17)5-9-3-1-2-4-10(9)6-12(18)8-16-14/h1-4,7-8H,5-6H2. The Bertz CT molecular complexity index is 516. The summed E-state index contributed by atoms with van der Waals surface area (Å²) in [6.45, 7) is 0. The molecule has 0 bridgehead atoms. The average molecular weight is 242 g/mol. The van der Waals surface area contributed by atoms with Gasteiger partial charge < -0.3 is 11.1 Å². The number of carbonyl (C=O) groups excluding carboxylic acids is 2. The van der Waals surface area contributed by atoms with E-state index in [1.54, 1.807) is 24.3 Å². The van der Waals surface area contributed by atoms with Crippen molar-refractivity contribution in [3.8, 4) is 0 Å². The highest BCUT2D eigenvalue weighted by molar-refractivity contribution is 6.26. The van der Waals surface area contributed by atoms with Crippen LogP contribution in [-0.2, 0) is 22.4 Å². The molecule has 0 amide bonds. The molecule has 0 saturated carbocycles. The second kappa shape index (κ2) is 6.81. The van der Waals surface area contributed by atoms with Gasteiger partial charge in [0.05, 0.1) is 0 Å². The van der Waals surface area contributed by atoms with E-state index in [4.69, 9.17) is 11.1 Å². The molecule has 1 aromatic carbocycles. The summed E-state index contributed by atoms with van der Waals surface area (Å²) >= 11 is 0. The largest absolute Gasteiger partial charge is 0.361 e. The second-order valence-electron chi connectivity index (χ2n) is 3.54. The summed E-state index contributed by atoms with van der Waals surface area (Å²) in [6.07, 6.45) is 1.72. The summed E-state index contributed by atoms with van der Waals surface area (Å²) < 4.78 is 0. The smallest absolute Gasteiger partial charge is 0.323 e. The Kier molecular flexibility index (Phi) is 5.06. The van der Waals surface area contributed by atoms with Gasteiger partial charge in [-0.3, -0.25) is 9.59 Å². The summed E-state index contributed by atoms with van der Waals surface area (Å²) in [5, 5.41) is 0. The minimum Gasteiger partial charge on any atom is -0.361 e. The van der Waals surface area contributed by atoms with Crippen LogP contribution in [0.2, 0.25) is 0 Å². The van der Waals surface area contributed by atoms with Crippen LogP contribution >= 0.6 is 0 Å². The maximum atomic E-state index is 11.3. The molecule has 6 nitrogen and oxygen atoms in total. The first kappa shape index (κ1) is 13.4. The number of Topliss-reactive ketones (excluding diaryl/α,β-unsaturated/α-hetero) is 2. The van der Waals surface area contributed by atoms with Crippen LogP contribution in [0.25, 0.3) is 11.1 Å². The highest BCUT2D eigenvalue weighted by atomic mass is 16.1. The Morgan fingerprint density at radius 2 is 1.33 bits per heavy atom. The van der Waals surface area contributed by atoms with Gasteiger partial charge in [-0.25, -0.2) is 0 Å². The van der Waals surface area contributed by atoms with E-state index in [-0.39, 0.29) is 24.4 Å². The van der Waals surface area contributed by atoms with Gasteiger partial charge in [0.2, 0.25) is 11.6 Å². The highest BCUT2D eigenvalue weighted by Gasteiger charge is 2.12. The van der Waals surface area contributed by atoms with Crippen molar-refractivity contribution < 1.29 is 19.2 Å². The zero-order valence-electron chi connectivity index (χ0n) is 9.48. The molecule has 0 saturated heterocycles. The molecule has 0 heterocycles. The average Bonchev–Trinajstić information content (AvgIpc) is 2.32. The van der Waals surface area contributed by atoms with E-state index < -0.39 is 0 Å². The van der Waals surface area contributed by atoms with Crippen molar-refractivity contribution in [1.29, 1.82) is 0 Å². The summed E-state index contributed by atoms with van der Waals surface area (Å²) in [4.78, 5) is 27.9. The summed E-state index contributed by atoms with van der Waals surface area (Å²) in [5.74, 6) is -0.735. The van der Waals surface area contributed by atoms with Gasteiger partial charge in [0, 0.05) is 12.8 Å². The number of ketones is 2. The van der Waals surface area contributed by atoms with Gasteiger partial charge in [-0.05, 0) is 11.1 Å². The van der Waals surface area contributed by atoms with Gasteiger partial charge in [-0.1, -0.05) is 24.3 Å². The zero-order chi connectivity index (χ0) is 13.4. The minimum absolute atomic E-state index is 0.0454. The number of benzene rings is 1. The van der Waals surface area contributed by atoms with Gasteiger partial charge in [0.1, 0.15) is 0 Å². The quantitative estimate of drug-likeness (QED) is 0.411. The molecule has 0 fully saturated rings. The number of nitrogens with zero attached hydrogens (tertiary/aromatic N) is 4. The Hall–Kier alpha value is -2.68. The van der Waals surface area contributed by atoms with Crippen molar-refractivity contribution >= 4 is 24.0 Å². The lowest BCUT2D eigenvalue weighted by atomic mass is 9.99. The first-order valence-electron chi connectivity index (χ1n) is 5.14. The fourth-order valence-corrected chi connectivity index (χ4v) is 1.50. The third-order valence-corrected chi connectivity index (χ3v) is 2.25. The van der Waals surface area contributed by atoms with Crippen molar-refractivity contribution in [2.75, 3.05) is 0 Å². The molecular formula is C12H10N4O2. The molecule has 0 N–H and O–H groups in total. The second-order valence-corrected chi connectivity index (χ2v) is 3.54. The van der Waals surface area contributed by atoms with E-state index in [9.17, 15) is 9.59 Å². The van der Waals surface area contributed by atoms with Crippen molar-refractivity contribution in [1.82, 2.24) is 0 Å². The fourth-order valence-electron chi connectivity index (χ4n) is 1.50. The Morgan fingerprint density at radius 3 is 1.67 bits per heavy atom. The summed E-state index contributed by atoms with van der Waals surface area (Å²) in [6, 6.07) is 6.91. The SMILES string of the molecule is [N-]=[N+]=CC(=O)Cc1ccccc1CC(=O)C=[N+]=[N-]. The third-order valence-electron chi connectivity index (χ3n) is 2.25. The predicted octanol–water partition coefficient (Wildman–Crippen LogP) is 0.511. The Morgan fingerprint density at radius 1 is 0.944 bits per heavy atom. The van der Waals surface area contributed by atoms with Gasteiger partial charge in [-0.15, -0.1) is 0 Å². The van der Waals surface area contributed by atoms with Gasteiger partial charge >= 0.3 is 12.4 Å². The first-order chi connectivity index (χ1) is 8.67. The van der Waals surface area contributed by atoms with E-state index >= 15 is 0 Å². The first-order valence-corrected chi connectivity index (χ1v) is 5.14. The lowest BCUT2D eigenvalue weighted by molar-refractivity contribution is -0.116. The van der Waals surface area contributed by atoms with Crippen LogP contribution in [0.3, 0.4) is 0 Å². The van der Waals surface area contributed by atoms with Gasteiger partial charge in [0.15, 0.2) is 0 Å². The molecule has 0 aliphatic rings. The maximum Gasteiger partial charge on any atom is 0.323 e. The van der Waals surface area contributed by atoms with Crippen LogP contribution in [-0.4, -0.2) is 33.6 Å². The molecule has 0 spiro atoms. The minimum atomic E-state index is -0.367. The molecule has 0 aromatic heterocycles. The molecule has 1 aromatic rings. The van der Waals surface area contributed by atoms with Crippen LogP contribution < -0.4 is 0 Å². The van der Waals surface area contributed by atoms with Crippen molar-refractivity contribution in [3.63, 3.8) is 0 Å². The molecule has 0 radical (unpaired) electrons.